The molecule has 128 valence electrons. The average Bonchev–Trinajstić information content (AvgIpc) is 2.85. The molecule has 0 radical (unpaired) electrons. The molecule has 1 aliphatic heterocycles. The monoisotopic (exact) mass is 338 g/mol. The van der Waals surface area contributed by atoms with Crippen LogP contribution >= 0.6 is 0 Å². The van der Waals surface area contributed by atoms with Gasteiger partial charge in [0, 0.05) is 30.5 Å². The third kappa shape index (κ3) is 3.29. The Hall–Kier alpha value is -3.00. The fourth-order valence-electron chi connectivity index (χ4n) is 2.84. The van der Waals surface area contributed by atoms with E-state index >= 15 is 0 Å². The van der Waals surface area contributed by atoms with E-state index in [1.807, 2.05) is 42.2 Å². The molecule has 3 aromatic rings. The molecule has 0 saturated heterocycles. The van der Waals surface area contributed by atoms with Gasteiger partial charge in [-0.15, -0.1) is 10.2 Å². The second kappa shape index (κ2) is 6.48. The van der Waals surface area contributed by atoms with Crippen molar-refractivity contribution in [3.05, 3.63) is 47.8 Å². The van der Waals surface area contributed by atoms with Crippen molar-refractivity contribution in [1.29, 1.82) is 0 Å². The van der Waals surface area contributed by atoms with Gasteiger partial charge in [0.05, 0.1) is 6.54 Å². The second-order valence-electron chi connectivity index (χ2n) is 5.98. The van der Waals surface area contributed by atoms with E-state index in [9.17, 15) is 4.79 Å². The van der Waals surface area contributed by atoms with E-state index in [0.717, 1.165) is 17.0 Å². The molecule has 0 unspecified atom stereocenters. The van der Waals surface area contributed by atoms with Crippen LogP contribution in [0.15, 0.2) is 36.5 Å². The van der Waals surface area contributed by atoms with Crippen LogP contribution in [-0.2, 0) is 11.3 Å². The van der Waals surface area contributed by atoms with Gasteiger partial charge in [0.15, 0.2) is 0 Å². The Morgan fingerprint density at radius 1 is 1.28 bits per heavy atom. The predicted molar refractivity (Wildman–Crippen MR) is 91.4 cm³/mol. The van der Waals surface area contributed by atoms with Gasteiger partial charge in [-0.05, 0) is 19.1 Å². The van der Waals surface area contributed by atoms with Crippen molar-refractivity contribution >= 4 is 17.6 Å². The minimum absolute atomic E-state index is 0.144. The lowest BCUT2D eigenvalue weighted by atomic mass is 10.2. The summed E-state index contributed by atoms with van der Waals surface area (Å²) in [5, 5.41) is 10.8. The molecule has 4 rings (SSSR count). The number of hydrogen-bond donors (Lipinski definition) is 1. The minimum Gasteiger partial charge on any atom is -0.492 e. The number of ether oxygens (including phenoxy) is 1. The number of hydrogen-bond acceptors (Lipinski definition) is 6. The van der Waals surface area contributed by atoms with Crippen molar-refractivity contribution in [1.82, 2.24) is 24.5 Å². The number of carbonyl (C=O) groups excluding carboxylic acids is 1. The number of amides is 1. The van der Waals surface area contributed by atoms with Crippen molar-refractivity contribution in [2.24, 2.45) is 0 Å². The van der Waals surface area contributed by atoms with Crippen LogP contribution in [0.3, 0.4) is 0 Å². The molecule has 3 heterocycles. The lowest BCUT2D eigenvalue weighted by Gasteiger charge is -2.18. The number of fused-ring (bicyclic) bond motifs is 2. The van der Waals surface area contributed by atoms with Gasteiger partial charge >= 0.3 is 0 Å². The highest BCUT2D eigenvalue weighted by molar-refractivity contribution is 5.90. The molecule has 0 spiro atoms. The van der Waals surface area contributed by atoms with Crippen molar-refractivity contribution in [2.75, 3.05) is 25.0 Å². The van der Waals surface area contributed by atoms with Gasteiger partial charge in [0.25, 0.3) is 5.78 Å². The number of anilines is 1. The summed E-state index contributed by atoms with van der Waals surface area (Å²) < 4.78 is 7.39. The Kier molecular flexibility index (Phi) is 4.02. The van der Waals surface area contributed by atoms with Gasteiger partial charge in [-0.3, -0.25) is 19.4 Å². The second-order valence-corrected chi connectivity index (χ2v) is 5.98. The molecular weight excluding hydrogens is 320 g/mol. The van der Waals surface area contributed by atoms with E-state index in [2.05, 4.69) is 20.5 Å². The van der Waals surface area contributed by atoms with Gasteiger partial charge < -0.3 is 4.74 Å². The Balaban J connectivity index is 1.45. The van der Waals surface area contributed by atoms with Crippen molar-refractivity contribution in [3.63, 3.8) is 0 Å². The maximum Gasteiger partial charge on any atom is 0.256 e. The third-order valence-electron chi connectivity index (χ3n) is 4.07. The van der Waals surface area contributed by atoms with Crippen LogP contribution in [0.2, 0.25) is 0 Å². The molecule has 0 saturated carbocycles. The number of carbonyl (C=O) groups is 1. The van der Waals surface area contributed by atoms with Crippen LogP contribution in [-0.4, -0.2) is 50.1 Å². The zero-order valence-corrected chi connectivity index (χ0v) is 13.8. The number of nitrogens with one attached hydrogen (secondary N) is 1. The SMILES string of the molecule is Cc1ccn2c(NC(=O)CN3CCOc4ccccc4C3)nnc2n1. The number of rotatable bonds is 3. The number of aromatic nitrogens is 4. The highest BCUT2D eigenvalue weighted by atomic mass is 16.5. The van der Waals surface area contributed by atoms with E-state index < -0.39 is 0 Å². The van der Waals surface area contributed by atoms with Crippen molar-refractivity contribution in [2.45, 2.75) is 13.5 Å². The number of para-hydroxylation sites is 1. The fraction of sp³-hybridized carbons (Fsp3) is 0.294. The molecule has 1 aromatic carbocycles. The summed E-state index contributed by atoms with van der Waals surface area (Å²) in [7, 11) is 0. The van der Waals surface area contributed by atoms with Crippen LogP contribution in [0.4, 0.5) is 5.95 Å². The molecule has 1 N–H and O–H groups in total. The summed E-state index contributed by atoms with van der Waals surface area (Å²) in [6, 6.07) is 9.74. The third-order valence-corrected chi connectivity index (χ3v) is 4.07. The molecule has 0 fully saturated rings. The lowest BCUT2D eigenvalue weighted by Crippen LogP contribution is -2.34. The Labute approximate surface area is 144 Å². The zero-order valence-electron chi connectivity index (χ0n) is 13.8. The molecule has 0 aliphatic carbocycles. The maximum atomic E-state index is 12.4. The van der Waals surface area contributed by atoms with Crippen LogP contribution in [0.1, 0.15) is 11.3 Å². The molecular formula is C17H18N6O2. The topological polar surface area (TPSA) is 84.7 Å². The first-order valence-corrected chi connectivity index (χ1v) is 8.10. The summed E-state index contributed by atoms with van der Waals surface area (Å²) in [6.45, 7) is 4.05. The normalized spacial score (nSPS) is 14.6. The van der Waals surface area contributed by atoms with E-state index in [1.165, 1.54) is 0 Å². The largest absolute Gasteiger partial charge is 0.492 e. The van der Waals surface area contributed by atoms with Gasteiger partial charge in [0.1, 0.15) is 12.4 Å². The lowest BCUT2D eigenvalue weighted by molar-refractivity contribution is -0.117. The Bertz CT molecular complexity index is 922. The van der Waals surface area contributed by atoms with Crippen LogP contribution in [0.5, 0.6) is 5.75 Å². The van der Waals surface area contributed by atoms with Crippen molar-refractivity contribution in [3.8, 4) is 5.75 Å². The molecule has 8 heteroatoms. The highest BCUT2D eigenvalue weighted by Gasteiger charge is 2.18. The average molecular weight is 338 g/mol. The van der Waals surface area contributed by atoms with E-state index in [4.69, 9.17) is 4.74 Å². The van der Waals surface area contributed by atoms with Gasteiger partial charge in [-0.1, -0.05) is 18.2 Å². The molecule has 2 aromatic heterocycles. The summed E-state index contributed by atoms with van der Waals surface area (Å²) in [5.41, 5.74) is 1.93. The number of benzene rings is 1. The predicted octanol–water partition coefficient (Wildman–Crippen LogP) is 1.27. The zero-order chi connectivity index (χ0) is 17.2. The first-order chi connectivity index (χ1) is 12.2. The molecule has 0 atom stereocenters. The van der Waals surface area contributed by atoms with Gasteiger partial charge in [-0.2, -0.15) is 0 Å². The maximum absolute atomic E-state index is 12.4. The molecule has 1 aliphatic rings. The molecule has 0 bridgehead atoms. The number of nitrogens with zero attached hydrogens (tertiary/aromatic N) is 5. The number of aryl methyl sites for hydroxylation is 1. The van der Waals surface area contributed by atoms with Gasteiger partial charge in [0.2, 0.25) is 11.9 Å². The summed E-state index contributed by atoms with van der Waals surface area (Å²) in [4.78, 5) is 18.7. The van der Waals surface area contributed by atoms with E-state index in [0.29, 0.717) is 31.4 Å². The standard InChI is InChI=1S/C17H18N6O2/c1-12-6-7-23-16(18-12)20-21-17(23)19-15(24)11-22-8-9-25-14-5-3-2-4-13(14)10-22/h2-7H,8-11H2,1H3,(H,19,21,24). The van der Waals surface area contributed by atoms with Crippen LogP contribution < -0.4 is 10.1 Å². The quantitative estimate of drug-likeness (QED) is 0.774. The Morgan fingerprint density at radius 3 is 3.08 bits per heavy atom. The fourth-order valence-corrected chi connectivity index (χ4v) is 2.84. The first kappa shape index (κ1) is 15.5. The van der Waals surface area contributed by atoms with Crippen molar-refractivity contribution < 1.29 is 9.53 Å². The highest BCUT2D eigenvalue weighted by Crippen LogP contribution is 2.22. The molecule has 1 amide bonds. The smallest absolute Gasteiger partial charge is 0.256 e. The summed E-state index contributed by atoms with van der Waals surface area (Å²) >= 11 is 0. The van der Waals surface area contributed by atoms with Crippen LogP contribution in [0, 0.1) is 6.92 Å². The molecule has 25 heavy (non-hydrogen) atoms. The molecule has 8 nitrogen and oxygen atoms in total. The van der Waals surface area contributed by atoms with E-state index in [-0.39, 0.29) is 12.5 Å². The minimum atomic E-state index is -0.144. The summed E-state index contributed by atoms with van der Waals surface area (Å²) in [6.07, 6.45) is 1.79. The van der Waals surface area contributed by atoms with E-state index in [1.54, 1.807) is 10.6 Å². The first-order valence-electron chi connectivity index (χ1n) is 8.10. The van der Waals surface area contributed by atoms with Gasteiger partial charge in [-0.25, -0.2) is 4.98 Å². The summed E-state index contributed by atoms with van der Waals surface area (Å²) in [5.74, 6) is 1.58. The Morgan fingerprint density at radius 2 is 2.16 bits per heavy atom. The van der Waals surface area contributed by atoms with Crippen LogP contribution in [0.25, 0.3) is 5.78 Å².